The smallest absolute Gasteiger partial charge is 0.234 e. The van der Waals surface area contributed by atoms with Gasteiger partial charge in [0.15, 0.2) is 0 Å². The monoisotopic (exact) mass is 309 g/mol. The number of carbonyl (C=O) groups excluding carboxylic acids is 1. The number of fused-ring (bicyclic) bond motifs is 5. The minimum absolute atomic E-state index is 0.0253. The van der Waals surface area contributed by atoms with E-state index in [1.54, 1.807) is 0 Å². The van der Waals surface area contributed by atoms with Gasteiger partial charge >= 0.3 is 0 Å². The molecule has 0 saturated heterocycles. The maximum atomic E-state index is 13.0. The molecule has 0 radical (unpaired) electrons. The zero-order valence-corrected chi connectivity index (χ0v) is 13.7. The average molecular weight is 309 g/mol. The summed E-state index contributed by atoms with van der Waals surface area (Å²) in [5.74, 6) is 1.49. The first-order chi connectivity index (χ1) is 10.7. The van der Waals surface area contributed by atoms with Gasteiger partial charge in [-0.05, 0) is 35.2 Å². The summed E-state index contributed by atoms with van der Waals surface area (Å²) in [5.41, 5.74) is 4.93. The minimum atomic E-state index is -0.0253. The minimum Gasteiger partial charge on any atom is -0.315 e. The van der Waals surface area contributed by atoms with Gasteiger partial charge in [-0.2, -0.15) is 0 Å². The van der Waals surface area contributed by atoms with Crippen molar-refractivity contribution in [3.8, 4) is 0 Å². The zero-order valence-electron chi connectivity index (χ0n) is 12.9. The molecule has 0 fully saturated rings. The highest BCUT2D eigenvalue weighted by Crippen LogP contribution is 2.51. The van der Waals surface area contributed by atoms with Gasteiger partial charge in [-0.1, -0.05) is 37.3 Å². The number of carbonyl (C=O) groups is 1. The van der Waals surface area contributed by atoms with Crippen LogP contribution in [0.3, 0.4) is 0 Å². The molecule has 0 spiro atoms. The summed E-state index contributed by atoms with van der Waals surface area (Å²) in [6, 6.07) is 15.0. The van der Waals surface area contributed by atoms with Crippen molar-refractivity contribution in [1.82, 2.24) is 0 Å². The molecule has 4 rings (SSSR count). The van der Waals surface area contributed by atoms with Crippen LogP contribution in [0, 0.1) is 0 Å². The van der Waals surface area contributed by atoms with E-state index in [1.807, 2.05) is 29.8 Å². The Bertz CT molecular complexity index is 755. The molecular formula is C19H19NOS. The lowest BCUT2D eigenvalue weighted by atomic mass is 9.77. The van der Waals surface area contributed by atoms with Crippen molar-refractivity contribution < 1.29 is 4.79 Å². The van der Waals surface area contributed by atoms with E-state index in [4.69, 9.17) is 0 Å². The Kier molecular flexibility index (Phi) is 3.26. The summed E-state index contributed by atoms with van der Waals surface area (Å²) in [4.78, 5) is 16.1. The lowest BCUT2D eigenvalue weighted by Crippen LogP contribution is -2.41. The normalized spacial score (nSPS) is 22.8. The Labute approximate surface area is 135 Å². The first kappa shape index (κ1) is 13.9. The highest BCUT2D eigenvalue weighted by molar-refractivity contribution is 7.99. The topological polar surface area (TPSA) is 20.3 Å². The Morgan fingerprint density at radius 3 is 2.82 bits per heavy atom. The molecular weight excluding hydrogens is 290 g/mol. The SMILES string of the molecule is CCc1ccc2c(c1)[C@@H]1C(=O)N(C)c3ccccc3[C@@H]1CS2. The van der Waals surface area contributed by atoms with E-state index in [9.17, 15) is 4.79 Å². The number of anilines is 1. The molecule has 0 aliphatic carbocycles. The van der Waals surface area contributed by atoms with Crippen LogP contribution in [-0.2, 0) is 11.2 Å². The number of hydrogen-bond acceptors (Lipinski definition) is 2. The van der Waals surface area contributed by atoms with Gasteiger partial charge in [-0.3, -0.25) is 4.79 Å². The van der Waals surface area contributed by atoms with Crippen molar-refractivity contribution in [2.45, 2.75) is 30.1 Å². The van der Waals surface area contributed by atoms with E-state index in [1.165, 1.54) is 21.6 Å². The maximum Gasteiger partial charge on any atom is 0.234 e. The molecule has 2 atom stereocenters. The largest absolute Gasteiger partial charge is 0.315 e. The number of aryl methyl sites for hydroxylation is 1. The van der Waals surface area contributed by atoms with Gasteiger partial charge in [-0.25, -0.2) is 0 Å². The second-order valence-corrected chi connectivity index (χ2v) is 7.14. The number of rotatable bonds is 1. The van der Waals surface area contributed by atoms with Crippen molar-refractivity contribution in [2.24, 2.45) is 0 Å². The van der Waals surface area contributed by atoms with Crippen LogP contribution in [0.5, 0.6) is 0 Å². The molecule has 3 heteroatoms. The van der Waals surface area contributed by atoms with Crippen molar-refractivity contribution in [1.29, 1.82) is 0 Å². The molecule has 2 heterocycles. The fourth-order valence-electron chi connectivity index (χ4n) is 3.69. The van der Waals surface area contributed by atoms with Crippen LogP contribution in [0.2, 0.25) is 0 Å². The molecule has 0 bridgehead atoms. The zero-order chi connectivity index (χ0) is 15.3. The number of amides is 1. The van der Waals surface area contributed by atoms with Crippen molar-refractivity contribution >= 4 is 23.4 Å². The quantitative estimate of drug-likeness (QED) is 0.787. The number of thioether (sulfide) groups is 1. The van der Waals surface area contributed by atoms with E-state index >= 15 is 0 Å². The summed E-state index contributed by atoms with van der Waals surface area (Å²) in [7, 11) is 1.91. The molecule has 112 valence electrons. The lowest BCUT2D eigenvalue weighted by molar-refractivity contribution is -0.120. The van der Waals surface area contributed by atoms with Crippen LogP contribution < -0.4 is 4.90 Å². The second-order valence-electron chi connectivity index (χ2n) is 6.08. The van der Waals surface area contributed by atoms with Crippen LogP contribution in [0.25, 0.3) is 0 Å². The predicted octanol–water partition coefficient (Wildman–Crippen LogP) is 4.20. The molecule has 1 amide bonds. The van der Waals surface area contributed by atoms with Crippen LogP contribution in [0.15, 0.2) is 47.4 Å². The van der Waals surface area contributed by atoms with Crippen LogP contribution in [0.4, 0.5) is 5.69 Å². The van der Waals surface area contributed by atoms with E-state index < -0.39 is 0 Å². The molecule has 2 aliphatic rings. The molecule has 2 aromatic rings. The number of para-hydroxylation sites is 1. The van der Waals surface area contributed by atoms with E-state index in [0.29, 0.717) is 5.92 Å². The second kappa shape index (κ2) is 5.17. The number of benzene rings is 2. The van der Waals surface area contributed by atoms with Gasteiger partial charge in [-0.15, -0.1) is 11.8 Å². The summed E-state index contributed by atoms with van der Waals surface area (Å²) in [6.45, 7) is 2.17. The highest BCUT2D eigenvalue weighted by Gasteiger charge is 2.42. The predicted molar refractivity (Wildman–Crippen MR) is 91.9 cm³/mol. The third kappa shape index (κ3) is 1.92. The summed E-state index contributed by atoms with van der Waals surface area (Å²) in [5, 5.41) is 0. The molecule has 2 nitrogen and oxygen atoms in total. The molecule has 0 saturated carbocycles. The fourth-order valence-corrected chi connectivity index (χ4v) is 4.94. The highest BCUT2D eigenvalue weighted by atomic mass is 32.2. The van der Waals surface area contributed by atoms with Crippen LogP contribution in [0.1, 0.15) is 35.4 Å². The van der Waals surface area contributed by atoms with E-state index in [2.05, 4.69) is 43.3 Å². The van der Waals surface area contributed by atoms with Gasteiger partial charge in [0, 0.05) is 29.3 Å². The number of likely N-dealkylation sites (N-methyl/N-ethyl adjacent to an activating group) is 1. The molecule has 0 N–H and O–H groups in total. The number of hydrogen-bond donors (Lipinski definition) is 0. The van der Waals surface area contributed by atoms with Gasteiger partial charge in [0.25, 0.3) is 0 Å². The van der Waals surface area contributed by atoms with E-state index in [0.717, 1.165) is 17.9 Å². The van der Waals surface area contributed by atoms with Gasteiger partial charge in [0.1, 0.15) is 0 Å². The van der Waals surface area contributed by atoms with Crippen molar-refractivity contribution in [2.75, 3.05) is 17.7 Å². The van der Waals surface area contributed by atoms with Gasteiger partial charge in [0.2, 0.25) is 5.91 Å². The third-order valence-corrected chi connectivity index (χ3v) is 6.14. The van der Waals surface area contributed by atoms with Crippen LogP contribution in [-0.4, -0.2) is 18.7 Å². The Morgan fingerprint density at radius 1 is 1.18 bits per heavy atom. The molecule has 22 heavy (non-hydrogen) atoms. The third-order valence-electron chi connectivity index (χ3n) is 4.93. The summed E-state index contributed by atoms with van der Waals surface area (Å²) < 4.78 is 0. The summed E-state index contributed by atoms with van der Waals surface area (Å²) in [6.07, 6.45) is 1.01. The Morgan fingerprint density at radius 2 is 2.00 bits per heavy atom. The number of nitrogens with zero attached hydrogens (tertiary/aromatic N) is 1. The molecule has 0 unspecified atom stereocenters. The van der Waals surface area contributed by atoms with Gasteiger partial charge < -0.3 is 4.90 Å². The first-order valence-corrected chi connectivity index (χ1v) is 8.81. The van der Waals surface area contributed by atoms with E-state index in [-0.39, 0.29) is 11.8 Å². The fraction of sp³-hybridized carbons (Fsp3) is 0.316. The van der Waals surface area contributed by atoms with Crippen LogP contribution >= 0.6 is 11.8 Å². The van der Waals surface area contributed by atoms with Gasteiger partial charge in [0.05, 0.1) is 5.92 Å². The standard InChI is InChI=1S/C19H19NOS/c1-3-12-8-9-17-14(10-12)18-15(11-22-17)13-6-4-5-7-16(13)20(2)19(18)21/h4-10,15,18H,3,11H2,1-2H3/t15-,18-/m0/s1. The Hall–Kier alpha value is -1.74. The molecule has 2 aliphatic heterocycles. The lowest BCUT2D eigenvalue weighted by Gasteiger charge is -2.41. The van der Waals surface area contributed by atoms with Crippen molar-refractivity contribution in [3.05, 3.63) is 59.2 Å². The maximum absolute atomic E-state index is 13.0. The molecule has 0 aromatic heterocycles. The Balaban J connectivity index is 1.89. The average Bonchev–Trinajstić information content (AvgIpc) is 2.58. The molecule has 2 aromatic carbocycles. The van der Waals surface area contributed by atoms with Crippen molar-refractivity contribution in [3.63, 3.8) is 0 Å². The summed E-state index contributed by atoms with van der Waals surface area (Å²) >= 11 is 1.89. The first-order valence-electron chi connectivity index (χ1n) is 7.83.